The zero-order valence-electron chi connectivity index (χ0n) is 18.7. The fourth-order valence-corrected chi connectivity index (χ4v) is 4.76. The first-order valence-electron chi connectivity index (χ1n) is 11.1. The first-order valence-corrected chi connectivity index (χ1v) is 11.1. The SMILES string of the molecule is Cc1cnc(C(=O)N2CC3CC[C@H]2[C@H](Oc2ccc(C(F)(F)F)cn2)C3)c(-c2ncc(F)cn2)c1. The maximum Gasteiger partial charge on any atom is 0.417 e. The zero-order chi connectivity index (χ0) is 24.7. The number of nitrogens with zero attached hydrogens (tertiary/aromatic N) is 5. The van der Waals surface area contributed by atoms with Crippen molar-refractivity contribution in [1.82, 2.24) is 24.8 Å². The van der Waals surface area contributed by atoms with Crippen LogP contribution in [0.2, 0.25) is 0 Å². The van der Waals surface area contributed by atoms with Gasteiger partial charge in [0.05, 0.1) is 29.6 Å². The van der Waals surface area contributed by atoms with Gasteiger partial charge in [-0.3, -0.25) is 9.78 Å². The molecule has 7 nitrogen and oxygen atoms in total. The fourth-order valence-electron chi connectivity index (χ4n) is 4.76. The Morgan fingerprint density at radius 1 is 1.06 bits per heavy atom. The summed E-state index contributed by atoms with van der Waals surface area (Å²) in [5.74, 6) is -0.463. The largest absolute Gasteiger partial charge is 0.472 e. The predicted octanol–water partition coefficient (Wildman–Crippen LogP) is 4.47. The smallest absolute Gasteiger partial charge is 0.417 e. The molecule has 3 fully saturated rings. The van der Waals surface area contributed by atoms with Gasteiger partial charge >= 0.3 is 6.18 Å². The number of piperidine rings is 2. The van der Waals surface area contributed by atoms with Crippen molar-refractivity contribution in [1.29, 1.82) is 0 Å². The van der Waals surface area contributed by atoms with E-state index in [2.05, 4.69) is 19.9 Å². The molecule has 3 aliphatic rings. The van der Waals surface area contributed by atoms with Crippen LogP contribution in [-0.4, -0.2) is 49.4 Å². The van der Waals surface area contributed by atoms with Gasteiger partial charge in [-0.2, -0.15) is 13.2 Å². The van der Waals surface area contributed by atoms with Crippen molar-refractivity contribution in [2.75, 3.05) is 6.54 Å². The van der Waals surface area contributed by atoms with E-state index >= 15 is 0 Å². The Hall–Kier alpha value is -3.63. The van der Waals surface area contributed by atoms with Gasteiger partial charge in [0, 0.05) is 25.0 Å². The zero-order valence-corrected chi connectivity index (χ0v) is 18.7. The summed E-state index contributed by atoms with van der Waals surface area (Å²) in [5.41, 5.74) is 0.492. The number of aromatic nitrogens is 4. The van der Waals surface area contributed by atoms with Crippen LogP contribution in [0.1, 0.15) is 40.9 Å². The van der Waals surface area contributed by atoms with E-state index in [-0.39, 0.29) is 35.3 Å². The highest BCUT2D eigenvalue weighted by atomic mass is 19.4. The normalized spacial score (nSPS) is 21.7. The number of pyridine rings is 2. The molecular formula is C24H21F4N5O2. The molecule has 0 radical (unpaired) electrons. The number of alkyl halides is 3. The molecule has 3 aromatic heterocycles. The van der Waals surface area contributed by atoms with Crippen LogP contribution in [-0.2, 0) is 6.18 Å². The topological polar surface area (TPSA) is 81.1 Å². The summed E-state index contributed by atoms with van der Waals surface area (Å²) in [6.45, 7) is 2.33. The lowest BCUT2D eigenvalue weighted by molar-refractivity contribution is -0.137. The molecule has 3 aromatic rings. The summed E-state index contributed by atoms with van der Waals surface area (Å²) in [5, 5.41) is 0. The van der Waals surface area contributed by atoms with Crippen molar-refractivity contribution in [3.8, 4) is 17.3 Å². The lowest BCUT2D eigenvalue weighted by Crippen LogP contribution is -2.59. The minimum atomic E-state index is -4.48. The molecule has 0 spiro atoms. The van der Waals surface area contributed by atoms with E-state index in [1.165, 1.54) is 6.07 Å². The molecule has 2 bridgehead atoms. The molecule has 5 heterocycles. The molecule has 182 valence electrons. The van der Waals surface area contributed by atoms with Crippen LogP contribution in [0.3, 0.4) is 0 Å². The molecule has 1 amide bonds. The quantitative estimate of drug-likeness (QED) is 0.505. The second-order valence-electron chi connectivity index (χ2n) is 8.88. The number of halogens is 4. The van der Waals surface area contributed by atoms with E-state index in [1.807, 2.05) is 6.92 Å². The van der Waals surface area contributed by atoms with E-state index in [0.717, 1.165) is 36.6 Å². The molecule has 3 atom stereocenters. The summed E-state index contributed by atoms with van der Waals surface area (Å²) < 4.78 is 57.8. The minimum absolute atomic E-state index is 0.0804. The molecule has 0 N–H and O–H groups in total. The van der Waals surface area contributed by atoms with Crippen LogP contribution in [0.25, 0.3) is 11.4 Å². The maximum atomic E-state index is 13.7. The van der Waals surface area contributed by atoms with Gasteiger partial charge < -0.3 is 9.64 Å². The summed E-state index contributed by atoms with van der Waals surface area (Å²) >= 11 is 0. The van der Waals surface area contributed by atoms with Gasteiger partial charge in [-0.15, -0.1) is 0 Å². The van der Waals surface area contributed by atoms with Crippen LogP contribution in [0.4, 0.5) is 17.6 Å². The monoisotopic (exact) mass is 487 g/mol. The molecule has 2 saturated heterocycles. The van der Waals surface area contributed by atoms with Crippen LogP contribution >= 0.6 is 0 Å². The van der Waals surface area contributed by atoms with Crippen LogP contribution in [0.5, 0.6) is 5.88 Å². The third-order valence-electron chi connectivity index (χ3n) is 6.41. The number of aryl methyl sites for hydroxylation is 1. The molecule has 1 saturated carbocycles. The Morgan fingerprint density at radius 2 is 1.83 bits per heavy atom. The summed E-state index contributed by atoms with van der Waals surface area (Å²) in [7, 11) is 0. The van der Waals surface area contributed by atoms with Gasteiger partial charge in [0.1, 0.15) is 11.8 Å². The van der Waals surface area contributed by atoms with E-state index < -0.39 is 23.7 Å². The van der Waals surface area contributed by atoms with E-state index in [1.54, 1.807) is 17.2 Å². The molecule has 11 heteroatoms. The molecule has 35 heavy (non-hydrogen) atoms. The van der Waals surface area contributed by atoms with Crippen molar-refractivity contribution in [2.24, 2.45) is 5.92 Å². The lowest BCUT2D eigenvalue weighted by atomic mass is 9.77. The molecule has 1 aliphatic carbocycles. The van der Waals surface area contributed by atoms with Crippen molar-refractivity contribution in [3.63, 3.8) is 0 Å². The van der Waals surface area contributed by atoms with Crippen LogP contribution in [0.15, 0.2) is 43.0 Å². The maximum absolute atomic E-state index is 13.7. The molecule has 1 unspecified atom stereocenters. The van der Waals surface area contributed by atoms with Gasteiger partial charge in [-0.1, -0.05) is 0 Å². The second kappa shape index (κ2) is 8.86. The highest BCUT2D eigenvalue weighted by Crippen LogP contribution is 2.39. The number of hydrogen-bond acceptors (Lipinski definition) is 6. The van der Waals surface area contributed by atoms with Crippen LogP contribution in [0, 0.1) is 18.7 Å². The average Bonchev–Trinajstić information content (AvgIpc) is 2.84. The first kappa shape index (κ1) is 23.1. The number of carbonyl (C=O) groups is 1. The molecule has 6 rings (SSSR count). The van der Waals surface area contributed by atoms with E-state index in [9.17, 15) is 22.4 Å². The Balaban J connectivity index is 1.40. The van der Waals surface area contributed by atoms with E-state index in [4.69, 9.17) is 4.74 Å². The standard InChI is InChI=1S/C24H21F4N5O2/c1-13-6-17(22-31-10-16(25)11-32-22)21(30-8-13)23(34)33-12-14-2-4-18(33)19(7-14)35-20-5-3-15(9-29-20)24(26,27)28/h3,5-6,8-11,14,18-19H,2,4,7,12H2,1H3/t14?,18-,19+/m0/s1. The average molecular weight is 487 g/mol. The summed E-state index contributed by atoms with van der Waals surface area (Å²) in [4.78, 5) is 31.5. The number of hydrogen-bond donors (Lipinski definition) is 0. The van der Waals surface area contributed by atoms with Gasteiger partial charge in [0.25, 0.3) is 5.91 Å². The fraction of sp³-hybridized carbons (Fsp3) is 0.375. The Morgan fingerprint density at radius 3 is 2.49 bits per heavy atom. The van der Waals surface area contributed by atoms with Crippen molar-refractivity contribution < 1.29 is 27.1 Å². The van der Waals surface area contributed by atoms with E-state index in [0.29, 0.717) is 24.9 Å². The minimum Gasteiger partial charge on any atom is -0.472 e. The number of carbonyl (C=O) groups excluding carboxylic acids is 1. The van der Waals surface area contributed by atoms with Crippen molar-refractivity contribution in [3.05, 3.63) is 65.6 Å². The molecule has 0 aromatic carbocycles. The Labute approximate surface area is 198 Å². The number of ether oxygens (including phenoxy) is 1. The van der Waals surface area contributed by atoms with Crippen molar-refractivity contribution >= 4 is 5.91 Å². The number of rotatable bonds is 4. The first-order chi connectivity index (χ1) is 16.7. The third kappa shape index (κ3) is 4.67. The van der Waals surface area contributed by atoms with Gasteiger partial charge in [-0.25, -0.2) is 19.3 Å². The predicted molar refractivity (Wildman–Crippen MR) is 116 cm³/mol. The summed E-state index contributed by atoms with van der Waals surface area (Å²) in [6.07, 6.45) is 1.77. The Bertz CT molecular complexity index is 1230. The van der Waals surface area contributed by atoms with Crippen LogP contribution < -0.4 is 4.74 Å². The van der Waals surface area contributed by atoms with Gasteiger partial charge in [0.15, 0.2) is 11.6 Å². The lowest BCUT2D eigenvalue weighted by Gasteiger charge is -2.49. The molecular weight excluding hydrogens is 466 g/mol. The van der Waals surface area contributed by atoms with Gasteiger partial charge in [0.2, 0.25) is 5.88 Å². The molecule has 2 aliphatic heterocycles. The second-order valence-corrected chi connectivity index (χ2v) is 8.88. The number of amides is 1. The third-order valence-corrected chi connectivity index (χ3v) is 6.41. The summed E-state index contributed by atoms with van der Waals surface area (Å²) in [6, 6.07) is 3.57. The Kier molecular flexibility index (Phi) is 5.86. The highest BCUT2D eigenvalue weighted by Gasteiger charge is 2.45. The van der Waals surface area contributed by atoms with Gasteiger partial charge in [-0.05, 0) is 49.8 Å². The van der Waals surface area contributed by atoms with Crippen molar-refractivity contribution in [2.45, 2.75) is 44.5 Å². The highest BCUT2D eigenvalue weighted by molar-refractivity contribution is 5.98. The number of fused-ring (bicyclic) bond motifs is 3.